The first-order chi connectivity index (χ1) is 11.4. The minimum Gasteiger partial charge on any atom is -0.352 e. The third-order valence-corrected chi connectivity index (χ3v) is 4.21. The average molecular weight is 350 g/mol. The molecule has 0 saturated heterocycles. The number of nitrogens with zero attached hydrogens (tertiary/aromatic N) is 1. The zero-order valence-electron chi connectivity index (χ0n) is 13.2. The summed E-state index contributed by atoms with van der Waals surface area (Å²) in [5.41, 5.74) is 1.67. The molecule has 0 aliphatic rings. The van der Waals surface area contributed by atoms with E-state index in [1.54, 1.807) is 25.2 Å². The van der Waals surface area contributed by atoms with Crippen molar-refractivity contribution in [3.05, 3.63) is 65.5 Å². The number of rotatable bonds is 5. The monoisotopic (exact) mass is 350 g/mol. The van der Waals surface area contributed by atoms with Crippen molar-refractivity contribution in [3.63, 3.8) is 0 Å². The van der Waals surface area contributed by atoms with Gasteiger partial charge in [-0.3, -0.25) is 4.99 Å². The molecule has 2 rings (SSSR count). The van der Waals surface area contributed by atoms with Gasteiger partial charge in [0.05, 0.1) is 4.90 Å². The smallest absolute Gasteiger partial charge is 0.238 e. The molecule has 0 aromatic heterocycles. The van der Waals surface area contributed by atoms with E-state index in [-0.39, 0.29) is 10.7 Å². The van der Waals surface area contributed by atoms with E-state index < -0.39 is 10.0 Å². The van der Waals surface area contributed by atoms with Crippen LogP contribution in [0.3, 0.4) is 0 Å². The Hall–Kier alpha value is -2.45. The van der Waals surface area contributed by atoms with Crippen LogP contribution in [0.25, 0.3) is 0 Å². The molecule has 0 fully saturated rings. The van der Waals surface area contributed by atoms with Gasteiger partial charge in [0.1, 0.15) is 5.82 Å². The second-order valence-corrected chi connectivity index (χ2v) is 6.66. The van der Waals surface area contributed by atoms with Crippen LogP contribution in [0.15, 0.2) is 58.4 Å². The SMILES string of the molecule is CN=C(NCc1ccc(S(N)(=O)=O)cc1)NCc1cccc(F)c1. The number of nitrogens with two attached hydrogens (primary N) is 1. The Morgan fingerprint density at radius 2 is 1.71 bits per heavy atom. The minimum atomic E-state index is -3.69. The zero-order valence-corrected chi connectivity index (χ0v) is 14.0. The minimum absolute atomic E-state index is 0.0693. The summed E-state index contributed by atoms with van der Waals surface area (Å²) >= 11 is 0. The lowest BCUT2D eigenvalue weighted by atomic mass is 10.2. The van der Waals surface area contributed by atoms with Crippen molar-refractivity contribution in [1.29, 1.82) is 0 Å². The van der Waals surface area contributed by atoms with Crippen LogP contribution in [0.2, 0.25) is 0 Å². The molecule has 0 saturated carbocycles. The molecule has 0 atom stereocenters. The lowest BCUT2D eigenvalue weighted by molar-refractivity contribution is 0.597. The number of guanidine groups is 1. The van der Waals surface area contributed by atoms with Gasteiger partial charge in [-0.25, -0.2) is 17.9 Å². The average Bonchev–Trinajstić information content (AvgIpc) is 2.55. The summed E-state index contributed by atoms with van der Waals surface area (Å²) in [5, 5.41) is 11.2. The molecule has 8 heteroatoms. The molecule has 0 aliphatic carbocycles. The van der Waals surface area contributed by atoms with E-state index in [2.05, 4.69) is 15.6 Å². The predicted octanol–water partition coefficient (Wildman–Crippen LogP) is 1.34. The van der Waals surface area contributed by atoms with Gasteiger partial charge in [0.15, 0.2) is 5.96 Å². The fourth-order valence-corrected chi connectivity index (χ4v) is 2.55. The molecule has 0 radical (unpaired) electrons. The third kappa shape index (κ3) is 5.32. The van der Waals surface area contributed by atoms with Crippen LogP contribution in [0.4, 0.5) is 4.39 Å². The second kappa shape index (κ2) is 7.89. The maximum Gasteiger partial charge on any atom is 0.238 e. The number of hydrogen-bond donors (Lipinski definition) is 3. The van der Waals surface area contributed by atoms with Crippen LogP contribution in [0.1, 0.15) is 11.1 Å². The molecule has 0 unspecified atom stereocenters. The van der Waals surface area contributed by atoms with Crippen LogP contribution in [0, 0.1) is 5.82 Å². The summed E-state index contributed by atoms with van der Waals surface area (Å²) in [6.45, 7) is 0.884. The van der Waals surface area contributed by atoms with Crippen LogP contribution < -0.4 is 15.8 Å². The van der Waals surface area contributed by atoms with Crippen molar-refractivity contribution < 1.29 is 12.8 Å². The fourth-order valence-electron chi connectivity index (χ4n) is 2.04. The molecule has 0 heterocycles. The van der Waals surface area contributed by atoms with Gasteiger partial charge in [-0.15, -0.1) is 0 Å². The molecular weight excluding hydrogens is 331 g/mol. The Labute approximate surface area is 140 Å². The highest BCUT2D eigenvalue weighted by Crippen LogP contribution is 2.08. The first kappa shape index (κ1) is 17.9. The largest absolute Gasteiger partial charge is 0.352 e. The second-order valence-electron chi connectivity index (χ2n) is 5.10. The van der Waals surface area contributed by atoms with Crippen molar-refractivity contribution in [3.8, 4) is 0 Å². The quantitative estimate of drug-likeness (QED) is 0.560. The van der Waals surface area contributed by atoms with E-state index in [9.17, 15) is 12.8 Å². The van der Waals surface area contributed by atoms with Gasteiger partial charge in [0.2, 0.25) is 10.0 Å². The van der Waals surface area contributed by atoms with Gasteiger partial charge < -0.3 is 10.6 Å². The first-order valence-electron chi connectivity index (χ1n) is 7.19. The molecule has 6 nitrogen and oxygen atoms in total. The molecule has 4 N–H and O–H groups in total. The summed E-state index contributed by atoms with van der Waals surface area (Å²) in [5.74, 6) is 0.266. The van der Waals surface area contributed by atoms with E-state index in [4.69, 9.17) is 5.14 Å². The maximum atomic E-state index is 13.1. The number of benzene rings is 2. The van der Waals surface area contributed by atoms with E-state index in [0.717, 1.165) is 11.1 Å². The number of halogens is 1. The fraction of sp³-hybridized carbons (Fsp3) is 0.188. The molecule has 0 aliphatic heterocycles. The van der Waals surface area contributed by atoms with Crippen molar-refractivity contribution in [2.45, 2.75) is 18.0 Å². The molecule has 0 amide bonds. The Morgan fingerprint density at radius 1 is 1.08 bits per heavy atom. The van der Waals surface area contributed by atoms with Gasteiger partial charge in [0.25, 0.3) is 0 Å². The molecule has 0 bridgehead atoms. The van der Waals surface area contributed by atoms with Gasteiger partial charge in [0, 0.05) is 20.1 Å². The Morgan fingerprint density at radius 3 is 2.25 bits per heavy atom. The number of nitrogens with one attached hydrogen (secondary N) is 2. The zero-order chi connectivity index (χ0) is 17.6. The lowest BCUT2D eigenvalue weighted by Gasteiger charge is -2.12. The highest BCUT2D eigenvalue weighted by molar-refractivity contribution is 7.89. The van der Waals surface area contributed by atoms with Crippen molar-refractivity contribution in [2.24, 2.45) is 10.1 Å². The van der Waals surface area contributed by atoms with Gasteiger partial charge in [-0.2, -0.15) is 0 Å². The van der Waals surface area contributed by atoms with Gasteiger partial charge >= 0.3 is 0 Å². The lowest BCUT2D eigenvalue weighted by Crippen LogP contribution is -2.36. The van der Waals surface area contributed by atoms with Crippen molar-refractivity contribution in [2.75, 3.05) is 7.05 Å². The predicted molar refractivity (Wildman–Crippen MR) is 91.3 cm³/mol. The topological polar surface area (TPSA) is 96.6 Å². The van der Waals surface area contributed by atoms with Crippen LogP contribution in [0.5, 0.6) is 0 Å². The van der Waals surface area contributed by atoms with Crippen molar-refractivity contribution in [1.82, 2.24) is 10.6 Å². The number of aliphatic imine (C=N–C) groups is 1. The Kier molecular flexibility index (Phi) is 5.88. The molecule has 0 spiro atoms. The summed E-state index contributed by atoms with van der Waals surface area (Å²) < 4.78 is 35.5. The van der Waals surface area contributed by atoms with E-state index in [0.29, 0.717) is 19.0 Å². The maximum absolute atomic E-state index is 13.1. The number of primary sulfonamides is 1. The molecule has 2 aromatic carbocycles. The summed E-state index contributed by atoms with van der Waals surface area (Å²) in [6, 6.07) is 12.6. The van der Waals surface area contributed by atoms with Crippen LogP contribution in [-0.2, 0) is 23.1 Å². The summed E-state index contributed by atoms with van der Waals surface area (Å²) in [6.07, 6.45) is 0. The standard InChI is InChI=1S/C16H19FN4O2S/c1-19-16(21-11-13-3-2-4-14(17)9-13)20-10-12-5-7-15(8-6-12)24(18,22)23/h2-9H,10-11H2,1H3,(H2,18,22,23)(H2,19,20,21). The summed E-state index contributed by atoms with van der Waals surface area (Å²) in [7, 11) is -2.06. The number of sulfonamides is 1. The highest BCUT2D eigenvalue weighted by atomic mass is 32.2. The third-order valence-electron chi connectivity index (χ3n) is 3.28. The van der Waals surface area contributed by atoms with E-state index in [1.165, 1.54) is 24.3 Å². The molecule has 24 heavy (non-hydrogen) atoms. The van der Waals surface area contributed by atoms with E-state index in [1.807, 2.05) is 6.07 Å². The normalized spacial score (nSPS) is 12.0. The highest BCUT2D eigenvalue weighted by Gasteiger charge is 2.07. The number of hydrogen-bond acceptors (Lipinski definition) is 3. The van der Waals surface area contributed by atoms with Gasteiger partial charge in [-0.1, -0.05) is 24.3 Å². The first-order valence-corrected chi connectivity index (χ1v) is 8.74. The summed E-state index contributed by atoms with van der Waals surface area (Å²) in [4.78, 5) is 4.15. The molecular formula is C16H19FN4O2S. The van der Waals surface area contributed by atoms with Gasteiger partial charge in [-0.05, 0) is 35.4 Å². The molecule has 128 valence electrons. The van der Waals surface area contributed by atoms with Crippen LogP contribution >= 0.6 is 0 Å². The van der Waals surface area contributed by atoms with Crippen molar-refractivity contribution >= 4 is 16.0 Å². The molecule has 2 aromatic rings. The van der Waals surface area contributed by atoms with Crippen LogP contribution in [-0.4, -0.2) is 21.4 Å². The van der Waals surface area contributed by atoms with E-state index >= 15 is 0 Å². The Bertz CT molecular complexity index is 820. The Balaban J connectivity index is 1.89.